The molecule has 0 unspecified atom stereocenters. The minimum atomic E-state index is -0.359. The number of hydrogen-bond acceptors (Lipinski definition) is 1. The van der Waals surface area contributed by atoms with E-state index in [2.05, 4.69) is 6.58 Å². The summed E-state index contributed by atoms with van der Waals surface area (Å²) < 4.78 is 26.0. The van der Waals surface area contributed by atoms with Gasteiger partial charge in [-0.25, -0.2) is 8.78 Å². The molecule has 0 atom stereocenters. The third-order valence-corrected chi connectivity index (χ3v) is 2.80. The van der Waals surface area contributed by atoms with Crippen molar-refractivity contribution in [3.05, 3.63) is 90.0 Å². The molecule has 100 valence electrons. The van der Waals surface area contributed by atoms with Gasteiger partial charge in [-0.3, -0.25) is 4.79 Å². The molecule has 0 spiro atoms. The molecular formula is C17H12F2O. The molecule has 0 radical (unpaired) electrons. The molecule has 0 aliphatic heterocycles. The van der Waals surface area contributed by atoms with Crippen LogP contribution < -0.4 is 0 Å². The molecule has 2 rings (SSSR count). The Bertz CT molecular complexity index is 605. The van der Waals surface area contributed by atoms with Crippen LogP contribution in [0.25, 0.3) is 5.57 Å². The second-order valence-electron chi connectivity index (χ2n) is 4.18. The van der Waals surface area contributed by atoms with E-state index in [-0.39, 0.29) is 17.4 Å². The number of carbonyl (C=O) groups excluding carboxylic acids is 1. The summed E-state index contributed by atoms with van der Waals surface area (Å²) in [5, 5.41) is 0. The highest BCUT2D eigenvalue weighted by Crippen LogP contribution is 2.24. The molecule has 0 fully saturated rings. The molecule has 2 aromatic rings. The Labute approximate surface area is 115 Å². The Hall–Kier alpha value is -2.55. The lowest BCUT2D eigenvalue weighted by Gasteiger charge is -2.08. The Morgan fingerprint density at radius 2 is 1.25 bits per heavy atom. The highest BCUT2D eigenvalue weighted by molar-refractivity contribution is 6.06. The molecule has 20 heavy (non-hydrogen) atoms. The fourth-order valence-electron chi connectivity index (χ4n) is 1.79. The third-order valence-electron chi connectivity index (χ3n) is 2.80. The first kappa shape index (κ1) is 13.9. The molecule has 0 N–H and O–H groups in total. The van der Waals surface area contributed by atoms with Gasteiger partial charge in [0.25, 0.3) is 0 Å². The van der Waals surface area contributed by atoms with Gasteiger partial charge in [-0.1, -0.05) is 30.8 Å². The second kappa shape index (κ2) is 6.06. The zero-order valence-corrected chi connectivity index (χ0v) is 10.6. The summed E-state index contributed by atoms with van der Waals surface area (Å²) in [6.45, 7) is 3.42. The summed E-state index contributed by atoms with van der Waals surface area (Å²) in [5.74, 6) is -0.988. The topological polar surface area (TPSA) is 17.1 Å². The standard InChI is InChI=1S/C17H12F2O/c1-2-16(20)11-17(12-3-7-14(18)8-4-12)13-5-9-15(19)10-6-13/h2-11H,1H2. The molecule has 0 saturated heterocycles. The lowest BCUT2D eigenvalue weighted by Crippen LogP contribution is -1.94. The van der Waals surface area contributed by atoms with Crippen molar-refractivity contribution in [3.63, 3.8) is 0 Å². The number of allylic oxidation sites excluding steroid dienone is 2. The molecule has 1 nitrogen and oxygen atoms in total. The molecular weight excluding hydrogens is 258 g/mol. The molecule has 0 saturated carbocycles. The van der Waals surface area contributed by atoms with Gasteiger partial charge in [0.15, 0.2) is 5.78 Å². The minimum Gasteiger partial charge on any atom is -0.290 e. The van der Waals surface area contributed by atoms with Crippen molar-refractivity contribution in [2.75, 3.05) is 0 Å². The predicted octanol–water partition coefficient (Wildman–Crippen LogP) is 4.15. The van der Waals surface area contributed by atoms with Gasteiger partial charge in [-0.15, -0.1) is 0 Å². The van der Waals surface area contributed by atoms with Crippen molar-refractivity contribution in [3.8, 4) is 0 Å². The average Bonchev–Trinajstić information content (AvgIpc) is 2.46. The number of ketones is 1. The van der Waals surface area contributed by atoms with E-state index in [9.17, 15) is 13.6 Å². The monoisotopic (exact) mass is 270 g/mol. The van der Waals surface area contributed by atoms with E-state index in [0.29, 0.717) is 16.7 Å². The van der Waals surface area contributed by atoms with E-state index in [1.54, 1.807) is 24.3 Å². The largest absolute Gasteiger partial charge is 0.290 e. The van der Waals surface area contributed by atoms with Gasteiger partial charge < -0.3 is 0 Å². The fourth-order valence-corrected chi connectivity index (χ4v) is 1.79. The van der Waals surface area contributed by atoms with Crippen molar-refractivity contribution in [1.82, 2.24) is 0 Å². The van der Waals surface area contributed by atoms with Gasteiger partial charge in [-0.05, 0) is 53.1 Å². The quantitative estimate of drug-likeness (QED) is 0.763. The molecule has 0 heterocycles. The summed E-state index contributed by atoms with van der Waals surface area (Å²) in [7, 11) is 0. The second-order valence-corrected chi connectivity index (χ2v) is 4.18. The van der Waals surface area contributed by atoms with Crippen LogP contribution >= 0.6 is 0 Å². The Morgan fingerprint density at radius 3 is 1.60 bits per heavy atom. The number of rotatable bonds is 4. The van der Waals surface area contributed by atoms with Crippen LogP contribution in [-0.4, -0.2) is 5.78 Å². The summed E-state index contributed by atoms with van der Waals surface area (Å²) in [6, 6.07) is 11.5. The van der Waals surface area contributed by atoms with E-state index in [0.717, 1.165) is 0 Å². The van der Waals surface area contributed by atoms with Gasteiger partial charge in [0.05, 0.1) is 0 Å². The number of carbonyl (C=O) groups is 1. The van der Waals surface area contributed by atoms with Crippen LogP contribution in [0.4, 0.5) is 8.78 Å². The van der Waals surface area contributed by atoms with Crippen LogP contribution in [0.3, 0.4) is 0 Å². The molecule has 0 aliphatic carbocycles. The molecule has 0 amide bonds. The van der Waals surface area contributed by atoms with E-state index in [1.165, 1.54) is 36.4 Å². The van der Waals surface area contributed by atoms with E-state index >= 15 is 0 Å². The van der Waals surface area contributed by atoms with Gasteiger partial charge in [0, 0.05) is 0 Å². The van der Waals surface area contributed by atoms with Crippen LogP contribution in [0, 0.1) is 11.6 Å². The van der Waals surface area contributed by atoms with Crippen molar-refractivity contribution in [1.29, 1.82) is 0 Å². The molecule has 0 aliphatic rings. The highest BCUT2D eigenvalue weighted by Gasteiger charge is 2.07. The Morgan fingerprint density at radius 1 is 0.850 bits per heavy atom. The van der Waals surface area contributed by atoms with Crippen molar-refractivity contribution >= 4 is 11.4 Å². The maximum atomic E-state index is 13.0. The van der Waals surface area contributed by atoms with E-state index in [1.807, 2.05) is 0 Å². The SMILES string of the molecule is C=CC(=O)C=C(c1ccc(F)cc1)c1ccc(F)cc1. The Kier molecular flexibility index (Phi) is 4.20. The normalized spacial score (nSPS) is 9.90. The van der Waals surface area contributed by atoms with Crippen molar-refractivity contribution in [2.45, 2.75) is 0 Å². The van der Waals surface area contributed by atoms with Gasteiger partial charge in [-0.2, -0.15) is 0 Å². The maximum Gasteiger partial charge on any atom is 0.178 e. The van der Waals surface area contributed by atoms with Gasteiger partial charge in [0.1, 0.15) is 11.6 Å². The maximum absolute atomic E-state index is 13.0. The minimum absolute atomic E-state index is 0.270. The van der Waals surface area contributed by atoms with Crippen molar-refractivity contribution in [2.24, 2.45) is 0 Å². The Balaban J connectivity index is 2.52. The van der Waals surface area contributed by atoms with E-state index < -0.39 is 0 Å². The molecule has 0 bridgehead atoms. The lowest BCUT2D eigenvalue weighted by atomic mass is 9.96. The van der Waals surface area contributed by atoms with Crippen LogP contribution in [0.5, 0.6) is 0 Å². The van der Waals surface area contributed by atoms with Crippen LogP contribution in [0.2, 0.25) is 0 Å². The number of benzene rings is 2. The third kappa shape index (κ3) is 3.26. The highest BCUT2D eigenvalue weighted by atomic mass is 19.1. The summed E-state index contributed by atoms with van der Waals surface area (Å²) in [4.78, 5) is 11.6. The predicted molar refractivity (Wildman–Crippen MR) is 75.1 cm³/mol. The average molecular weight is 270 g/mol. The summed E-state index contributed by atoms with van der Waals surface area (Å²) in [5.41, 5.74) is 1.94. The summed E-state index contributed by atoms with van der Waals surface area (Å²) in [6.07, 6.45) is 2.58. The molecule has 3 heteroatoms. The number of halogens is 2. The first-order valence-corrected chi connectivity index (χ1v) is 6.00. The lowest BCUT2D eigenvalue weighted by molar-refractivity contribution is -0.110. The fraction of sp³-hybridized carbons (Fsp3) is 0. The van der Waals surface area contributed by atoms with Crippen LogP contribution in [-0.2, 0) is 4.79 Å². The molecule has 2 aromatic carbocycles. The van der Waals surface area contributed by atoms with Crippen LogP contribution in [0.15, 0.2) is 67.3 Å². The smallest absolute Gasteiger partial charge is 0.178 e. The molecule has 0 aromatic heterocycles. The van der Waals surface area contributed by atoms with E-state index in [4.69, 9.17) is 0 Å². The summed E-state index contributed by atoms with van der Waals surface area (Å²) >= 11 is 0. The zero-order valence-electron chi connectivity index (χ0n) is 10.6. The van der Waals surface area contributed by atoms with Gasteiger partial charge >= 0.3 is 0 Å². The first-order valence-electron chi connectivity index (χ1n) is 6.00. The number of hydrogen-bond donors (Lipinski definition) is 0. The first-order chi connectivity index (χ1) is 9.60. The zero-order chi connectivity index (χ0) is 14.5. The van der Waals surface area contributed by atoms with Crippen LogP contribution in [0.1, 0.15) is 11.1 Å². The van der Waals surface area contributed by atoms with Crippen molar-refractivity contribution < 1.29 is 13.6 Å². The van der Waals surface area contributed by atoms with Gasteiger partial charge in [0.2, 0.25) is 0 Å².